The molecule has 1 fully saturated rings. The van der Waals surface area contributed by atoms with Crippen molar-refractivity contribution in [2.75, 3.05) is 6.61 Å². The summed E-state index contributed by atoms with van der Waals surface area (Å²) in [5.41, 5.74) is 0. The fourth-order valence-corrected chi connectivity index (χ4v) is 2.47. The van der Waals surface area contributed by atoms with Crippen LogP contribution in [0.25, 0.3) is 0 Å². The van der Waals surface area contributed by atoms with Gasteiger partial charge in [0.25, 0.3) is 0 Å². The van der Waals surface area contributed by atoms with Crippen molar-refractivity contribution in [2.24, 2.45) is 0 Å². The third-order valence-electron chi connectivity index (χ3n) is 3.38. The average molecular weight is 373 g/mol. The van der Waals surface area contributed by atoms with E-state index in [0.29, 0.717) is 6.42 Å². The Morgan fingerprint density at radius 2 is 1.54 bits per heavy atom. The van der Waals surface area contributed by atoms with E-state index in [0.717, 1.165) is 20.8 Å². The van der Waals surface area contributed by atoms with Gasteiger partial charge in [-0.2, -0.15) is 0 Å². The first-order valence-corrected chi connectivity index (χ1v) is 8.13. The van der Waals surface area contributed by atoms with E-state index in [-0.39, 0.29) is 6.42 Å². The first kappa shape index (κ1) is 21.4. The molecule has 4 atom stereocenters. The lowest BCUT2D eigenvalue weighted by Crippen LogP contribution is -2.56. The second kappa shape index (κ2) is 9.73. The zero-order valence-electron chi connectivity index (χ0n) is 15.1. The highest BCUT2D eigenvalue weighted by atomic mass is 16.6. The van der Waals surface area contributed by atoms with E-state index in [4.69, 9.17) is 18.9 Å². The maximum Gasteiger partial charge on any atom is 0.332 e. The second-order valence-corrected chi connectivity index (χ2v) is 5.72. The summed E-state index contributed by atoms with van der Waals surface area (Å²) in [6.07, 6.45) is -3.30. The van der Waals surface area contributed by atoms with Crippen LogP contribution >= 0.6 is 0 Å². The largest absolute Gasteiger partial charge is 0.460 e. The lowest BCUT2D eigenvalue weighted by atomic mass is 10.0. The fraction of sp³-hybridized carbons (Fsp3) is 0.688. The number of rotatable bonds is 6. The summed E-state index contributed by atoms with van der Waals surface area (Å²) in [4.78, 5) is 58.6. The number of amides is 1. The van der Waals surface area contributed by atoms with Crippen LogP contribution in [0.1, 0.15) is 40.5 Å². The molecule has 1 saturated heterocycles. The SMILES string of the molecule is CCCC(=O)N[C@H]1C(=O)OC[C@@H](OC(C)=O)[C@@H](OC(C)=O)[C@@H]1OC(C)=O. The van der Waals surface area contributed by atoms with Crippen LogP contribution in [0.2, 0.25) is 0 Å². The summed E-state index contributed by atoms with van der Waals surface area (Å²) in [6, 6.07) is -1.41. The topological polar surface area (TPSA) is 134 Å². The number of nitrogens with one attached hydrogen (secondary N) is 1. The molecule has 0 aromatic rings. The molecule has 146 valence electrons. The van der Waals surface area contributed by atoms with E-state index < -0.39 is 60.7 Å². The number of hydrogen-bond donors (Lipinski definition) is 1. The lowest BCUT2D eigenvalue weighted by Gasteiger charge is -2.31. The Labute approximate surface area is 150 Å². The first-order valence-electron chi connectivity index (χ1n) is 8.13. The predicted molar refractivity (Wildman–Crippen MR) is 84.5 cm³/mol. The van der Waals surface area contributed by atoms with Crippen LogP contribution in [0.15, 0.2) is 0 Å². The zero-order chi connectivity index (χ0) is 19.9. The van der Waals surface area contributed by atoms with Crippen molar-refractivity contribution in [3.8, 4) is 0 Å². The van der Waals surface area contributed by atoms with E-state index >= 15 is 0 Å². The maximum absolute atomic E-state index is 12.3. The number of esters is 4. The van der Waals surface area contributed by atoms with Gasteiger partial charge in [0, 0.05) is 27.2 Å². The average Bonchev–Trinajstić information content (AvgIpc) is 2.60. The van der Waals surface area contributed by atoms with Crippen LogP contribution < -0.4 is 5.32 Å². The molecule has 0 unspecified atom stereocenters. The molecule has 0 saturated carbocycles. The molecule has 1 amide bonds. The molecular weight excluding hydrogens is 350 g/mol. The quantitative estimate of drug-likeness (QED) is 0.488. The molecule has 1 aliphatic rings. The molecule has 0 aliphatic carbocycles. The molecular formula is C16H23NO9. The first-order chi connectivity index (χ1) is 12.1. The van der Waals surface area contributed by atoms with E-state index in [9.17, 15) is 24.0 Å². The lowest BCUT2D eigenvalue weighted by molar-refractivity contribution is -0.184. The molecule has 0 radical (unpaired) electrons. The maximum atomic E-state index is 12.3. The number of ether oxygens (including phenoxy) is 4. The highest BCUT2D eigenvalue weighted by Gasteiger charge is 2.49. The molecule has 0 aromatic heterocycles. The molecule has 10 heteroatoms. The van der Waals surface area contributed by atoms with Crippen LogP contribution in [-0.4, -0.2) is 60.7 Å². The molecule has 1 aliphatic heterocycles. The van der Waals surface area contributed by atoms with E-state index in [1.54, 1.807) is 6.92 Å². The van der Waals surface area contributed by atoms with E-state index in [1.807, 2.05) is 0 Å². The van der Waals surface area contributed by atoms with Gasteiger partial charge >= 0.3 is 23.9 Å². The van der Waals surface area contributed by atoms with Gasteiger partial charge in [0.2, 0.25) is 5.91 Å². The van der Waals surface area contributed by atoms with Gasteiger partial charge in [0.15, 0.2) is 24.4 Å². The number of cyclic esters (lactones) is 1. The zero-order valence-corrected chi connectivity index (χ0v) is 15.1. The minimum atomic E-state index is -1.42. The third kappa shape index (κ3) is 6.34. The summed E-state index contributed by atoms with van der Waals surface area (Å²) >= 11 is 0. The standard InChI is InChI=1S/C16H23NO9/c1-5-6-12(21)17-13-15(26-10(4)20)14(25-9(3)19)11(24-8(2)18)7-23-16(13)22/h11,13-15H,5-7H2,1-4H3,(H,17,21)/t11-,13-,14-,15-/m1/s1. The highest BCUT2D eigenvalue weighted by Crippen LogP contribution is 2.22. The molecule has 1 heterocycles. The summed E-state index contributed by atoms with van der Waals surface area (Å²) in [5, 5.41) is 2.42. The number of carbonyl (C=O) groups excluding carboxylic acids is 5. The van der Waals surface area contributed by atoms with Gasteiger partial charge in [-0.1, -0.05) is 6.92 Å². The molecule has 26 heavy (non-hydrogen) atoms. The fourth-order valence-electron chi connectivity index (χ4n) is 2.47. The summed E-state index contributed by atoms with van der Waals surface area (Å²) in [6.45, 7) is 4.67. The van der Waals surface area contributed by atoms with Crippen molar-refractivity contribution >= 4 is 29.8 Å². The van der Waals surface area contributed by atoms with Gasteiger partial charge in [0.1, 0.15) is 6.61 Å². The molecule has 0 bridgehead atoms. The molecule has 10 nitrogen and oxygen atoms in total. The predicted octanol–water partition coefficient (Wildman–Crippen LogP) is -0.377. The Balaban J connectivity index is 3.25. The Morgan fingerprint density at radius 3 is 2.04 bits per heavy atom. The summed E-state index contributed by atoms with van der Waals surface area (Å²) in [7, 11) is 0. The Hall–Kier alpha value is -2.65. The monoisotopic (exact) mass is 373 g/mol. The van der Waals surface area contributed by atoms with Gasteiger partial charge in [-0.05, 0) is 6.42 Å². The van der Waals surface area contributed by atoms with Crippen LogP contribution in [0, 0.1) is 0 Å². The normalized spacial score (nSPS) is 25.3. The Kier molecular flexibility index (Phi) is 8.01. The van der Waals surface area contributed by atoms with Gasteiger partial charge < -0.3 is 24.3 Å². The minimum Gasteiger partial charge on any atom is -0.460 e. The summed E-state index contributed by atoms with van der Waals surface area (Å²) in [5.74, 6) is -3.61. The van der Waals surface area contributed by atoms with Gasteiger partial charge in [-0.25, -0.2) is 4.79 Å². The minimum absolute atomic E-state index is 0.127. The molecule has 1 rings (SSSR count). The molecule has 0 aromatic carbocycles. The summed E-state index contributed by atoms with van der Waals surface area (Å²) < 4.78 is 20.3. The van der Waals surface area contributed by atoms with Crippen LogP contribution in [-0.2, 0) is 42.9 Å². The smallest absolute Gasteiger partial charge is 0.332 e. The van der Waals surface area contributed by atoms with Crippen molar-refractivity contribution in [3.05, 3.63) is 0 Å². The Morgan fingerprint density at radius 1 is 1.00 bits per heavy atom. The van der Waals surface area contributed by atoms with Crippen LogP contribution in [0.3, 0.4) is 0 Å². The van der Waals surface area contributed by atoms with Gasteiger partial charge in [0.05, 0.1) is 0 Å². The van der Waals surface area contributed by atoms with Crippen molar-refractivity contribution < 1.29 is 42.9 Å². The number of hydrogen-bond acceptors (Lipinski definition) is 9. The van der Waals surface area contributed by atoms with Crippen molar-refractivity contribution in [2.45, 2.75) is 64.9 Å². The highest BCUT2D eigenvalue weighted by molar-refractivity contribution is 5.85. The number of carbonyl (C=O) groups is 5. The van der Waals surface area contributed by atoms with E-state index in [1.165, 1.54) is 0 Å². The van der Waals surface area contributed by atoms with Crippen molar-refractivity contribution in [3.63, 3.8) is 0 Å². The van der Waals surface area contributed by atoms with Crippen LogP contribution in [0.5, 0.6) is 0 Å². The molecule has 1 N–H and O–H groups in total. The van der Waals surface area contributed by atoms with Crippen molar-refractivity contribution in [1.82, 2.24) is 5.32 Å². The Bertz CT molecular complexity index is 574. The van der Waals surface area contributed by atoms with Gasteiger partial charge in [-0.3, -0.25) is 19.2 Å². The van der Waals surface area contributed by atoms with Crippen LogP contribution in [0.4, 0.5) is 0 Å². The van der Waals surface area contributed by atoms with E-state index in [2.05, 4.69) is 5.32 Å². The van der Waals surface area contributed by atoms with Crippen molar-refractivity contribution in [1.29, 1.82) is 0 Å². The van der Waals surface area contributed by atoms with Gasteiger partial charge in [-0.15, -0.1) is 0 Å². The second-order valence-electron chi connectivity index (χ2n) is 5.72. The third-order valence-corrected chi connectivity index (χ3v) is 3.38. The molecule has 0 spiro atoms.